The lowest BCUT2D eigenvalue weighted by Crippen LogP contribution is -2.36. The molecule has 4 aromatic rings. The minimum atomic E-state index is -0.466. The molecule has 0 aliphatic heterocycles. The molecule has 0 saturated heterocycles. The molecule has 2 N–H and O–H groups in total. The van der Waals surface area contributed by atoms with Crippen LogP contribution in [0, 0.1) is 13.8 Å². The quantitative estimate of drug-likeness (QED) is 0.554. The van der Waals surface area contributed by atoms with Crippen molar-refractivity contribution in [2.45, 2.75) is 20.4 Å². The maximum absolute atomic E-state index is 12.6. The van der Waals surface area contributed by atoms with E-state index in [4.69, 9.17) is 4.42 Å². The van der Waals surface area contributed by atoms with Gasteiger partial charge in [0.2, 0.25) is 0 Å². The smallest absolute Gasteiger partial charge is 0.332 e. The van der Waals surface area contributed by atoms with Crippen molar-refractivity contribution >= 4 is 28.0 Å². The molecule has 4 rings (SSSR count). The van der Waals surface area contributed by atoms with Crippen LogP contribution in [0.3, 0.4) is 0 Å². The normalized spacial score (nSPS) is 11.4. The summed E-state index contributed by atoms with van der Waals surface area (Å²) in [5.74, 6) is 0.222. The number of H-pyrrole nitrogens is 1. The predicted molar refractivity (Wildman–Crippen MR) is 103 cm³/mol. The minimum absolute atomic E-state index is 0.0559. The summed E-state index contributed by atoms with van der Waals surface area (Å²) in [5, 5.41) is 3.63. The largest absolute Gasteiger partial charge is 0.451 e. The summed E-state index contributed by atoms with van der Waals surface area (Å²) in [5.41, 5.74) is 1.98. The maximum atomic E-state index is 12.6. The summed E-state index contributed by atoms with van der Waals surface area (Å²) >= 11 is 0. The van der Waals surface area contributed by atoms with E-state index in [1.54, 1.807) is 0 Å². The highest BCUT2D eigenvalue weighted by Crippen LogP contribution is 2.26. The highest BCUT2D eigenvalue weighted by molar-refractivity contribution is 5.99. The molecule has 1 aromatic carbocycles. The van der Waals surface area contributed by atoms with E-state index in [0.29, 0.717) is 11.4 Å². The van der Waals surface area contributed by atoms with E-state index in [9.17, 15) is 14.4 Å². The summed E-state index contributed by atoms with van der Waals surface area (Å²) in [7, 11) is 2.94. The van der Waals surface area contributed by atoms with Gasteiger partial charge in [-0.3, -0.25) is 18.7 Å². The second kappa shape index (κ2) is 6.22. The van der Waals surface area contributed by atoms with Crippen LogP contribution in [0.15, 0.2) is 32.2 Å². The van der Waals surface area contributed by atoms with Crippen LogP contribution in [0.2, 0.25) is 0 Å². The van der Waals surface area contributed by atoms with Gasteiger partial charge in [-0.25, -0.2) is 9.78 Å². The highest BCUT2D eigenvalue weighted by Gasteiger charge is 2.19. The number of aromatic amines is 1. The first-order valence-corrected chi connectivity index (χ1v) is 8.70. The molecule has 0 aliphatic rings. The maximum Gasteiger partial charge on any atom is 0.332 e. The molecule has 3 heterocycles. The fourth-order valence-electron chi connectivity index (χ4n) is 3.25. The van der Waals surface area contributed by atoms with Crippen molar-refractivity contribution in [2.75, 3.05) is 0 Å². The zero-order valence-electron chi connectivity index (χ0n) is 15.9. The monoisotopic (exact) mass is 381 g/mol. The van der Waals surface area contributed by atoms with Gasteiger partial charge >= 0.3 is 5.69 Å². The van der Waals surface area contributed by atoms with Gasteiger partial charge in [0.1, 0.15) is 16.9 Å². The first-order valence-electron chi connectivity index (χ1n) is 8.70. The Morgan fingerprint density at radius 2 is 1.96 bits per heavy atom. The molecule has 9 nitrogen and oxygen atoms in total. The third kappa shape index (κ3) is 2.63. The number of nitrogens with one attached hydrogen (secondary N) is 2. The number of amides is 1. The number of aromatic nitrogens is 4. The number of aryl methyl sites for hydroxylation is 3. The van der Waals surface area contributed by atoms with Crippen molar-refractivity contribution in [3.63, 3.8) is 0 Å². The number of fused-ring (bicyclic) bond motifs is 2. The van der Waals surface area contributed by atoms with Crippen molar-refractivity contribution in [2.24, 2.45) is 14.1 Å². The zero-order valence-corrected chi connectivity index (χ0v) is 15.9. The Morgan fingerprint density at radius 1 is 1.21 bits per heavy atom. The van der Waals surface area contributed by atoms with Crippen LogP contribution in [0.25, 0.3) is 22.1 Å². The first kappa shape index (κ1) is 17.8. The van der Waals surface area contributed by atoms with Crippen LogP contribution in [0.4, 0.5) is 0 Å². The van der Waals surface area contributed by atoms with E-state index in [1.165, 1.54) is 18.7 Å². The Kier molecular flexibility index (Phi) is 3.95. The van der Waals surface area contributed by atoms with Gasteiger partial charge in [0.15, 0.2) is 11.4 Å². The zero-order chi connectivity index (χ0) is 20.2. The van der Waals surface area contributed by atoms with Crippen molar-refractivity contribution in [3.8, 4) is 0 Å². The van der Waals surface area contributed by atoms with E-state index < -0.39 is 11.2 Å². The van der Waals surface area contributed by atoms with Crippen LogP contribution >= 0.6 is 0 Å². The summed E-state index contributed by atoms with van der Waals surface area (Å²) in [6, 6.07) is 5.77. The molecule has 9 heteroatoms. The van der Waals surface area contributed by atoms with Gasteiger partial charge in [-0.15, -0.1) is 0 Å². The number of hydrogen-bond acceptors (Lipinski definition) is 5. The lowest BCUT2D eigenvalue weighted by Gasteiger charge is -2.01. The number of furan rings is 1. The Balaban J connectivity index is 1.63. The van der Waals surface area contributed by atoms with E-state index in [1.807, 2.05) is 32.0 Å². The molecule has 0 aliphatic carbocycles. The molecule has 144 valence electrons. The molecule has 0 spiro atoms. The Labute approximate surface area is 158 Å². The second-order valence-corrected chi connectivity index (χ2v) is 6.83. The lowest BCUT2D eigenvalue weighted by molar-refractivity contribution is 0.0923. The molecule has 3 aromatic heterocycles. The van der Waals surface area contributed by atoms with E-state index in [0.717, 1.165) is 21.1 Å². The number of imidazole rings is 1. The second-order valence-electron chi connectivity index (χ2n) is 6.83. The Bertz CT molecular complexity index is 1370. The summed E-state index contributed by atoms with van der Waals surface area (Å²) in [6.45, 7) is 3.84. The molecule has 1 amide bonds. The van der Waals surface area contributed by atoms with Gasteiger partial charge in [-0.2, -0.15) is 0 Å². The molecule has 0 unspecified atom stereocenters. The van der Waals surface area contributed by atoms with Gasteiger partial charge in [-0.1, -0.05) is 12.1 Å². The molecular formula is C19H19N5O4. The van der Waals surface area contributed by atoms with E-state index in [2.05, 4.69) is 15.3 Å². The fourth-order valence-corrected chi connectivity index (χ4v) is 3.25. The molecule has 0 bridgehead atoms. The number of benzene rings is 1. The fraction of sp³-hybridized carbons (Fsp3) is 0.263. The molecule has 0 atom stereocenters. The van der Waals surface area contributed by atoms with Crippen molar-refractivity contribution in [1.82, 2.24) is 24.4 Å². The Hall–Kier alpha value is -3.62. The molecule has 0 fully saturated rings. The highest BCUT2D eigenvalue weighted by atomic mass is 16.3. The number of carbonyl (C=O) groups is 1. The topological polar surface area (TPSA) is 115 Å². The van der Waals surface area contributed by atoms with Crippen LogP contribution < -0.4 is 16.6 Å². The third-order valence-corrected chi connectivity index (χ3v) is 4.86. The van der Waals surface area contributed by atoms with Gasteiger partial charge in [0.25, 0.3) is 11.5 Å². The first-order chi connectivity index (χ1) is 13.3. The number of carbonyl (C=O) groups excluding carboxylic acids is 1. The average molecular weight is 381 g/mol. The Morgan fingerprint density at radius 3 is 2.71 bits per heavy atom. The standard InChI is InChI=1S/C19H19N5O4/c1-9-5-6-11-10(2)15(28-12(11)7-9)17(25)20-8-13-21-14-16(22-13)23(3)19(27)24(4)18(14)26/h5-7H,8H2,1-4H3,(H,20,25)(H,21,22). The van der Waals surface area contributed by atoms with Gasteiger partial charge in [0, 0.05) is 25.0 Å². The van der Waals surface area contributed by atoms with Crippen LogP contribution in [-0.2, 0) is 20.6 Å². The van der Waals surface area contributed by atoms with Crippen molar-refractivity contribution in [3.05, 3.63) is 61.7 Å². The predicted octanol–water partition coefficient (Wildman–Crippen LogP) is 1.25. The summed E-state index contributed by atoms with van der Waals surface area (Å²) in [6.07, 6.45) is 0. The van der Waals surface area contributed by atoms with Gasteiger partial charge in [0.05, 0.1) is 6.54 Å². The molecular weight excluding hydrogens is 362 g/mol. The van der Waals surface area contributed by atoms with Crippen LogP contribution in [-0.4, -0.2) is 25.0 Å². The van der Waals surface area contributed by atoms with Crippen LogP contribution in [0.5, 0.6) is 0 Å². The lowest BCUT2D eigenvalue weighted by atomic mass is 10.1. The van der Waals surface area contributed by atoms with Gasteiger partial charge in [-0.05, 0) is 25.5 Å². The van der Waals surface area contributed by atoms with Crippen molar-refractivity contribution in [1.29, 1.82) is 0 Å². The SMILES string of the molecule is Cc1ccc2c(C)c(C(=O)NCc3nc4c([nH]3)c(=O)n(C)c(=O)n4C)oc2c1. The molecule has 0 saturated carbocycles. The number of rotatable bonds is 3. The molecule has 0 radical (unpaired) electrons. The van der Waals surface area contributed by atoms with E-state index in [-0.39, 0.29) is 29.4 Å². The summed E-state index contributed by atoms with van der Waals surface area (Å²) < 4.78 is 8.00. The third-order valence-electron chi connectivity index (χ3n) is 4.86. The molecule has 28 heavy (non-hydrogen) atoms. The number of hydrogen-bond donors (Lipinski definition) is 2. The minimum Gasteiger partial charge on any atom is -0.451 e. The summed E-state index contributed by atoms with van der Waals surface area (Å²) in [4.78, 5) is 44.0. The van der Waals surface area contributed by atoms with Crippen LogP contribution in [0.1, 0.15) is 27.5 Å². The van der Waals surface area contributed by atoms with E-state index >= 15 is 0 Å². The number of nitrogens with zero attached hydrogens (tertiary/aromatic N) is 3. The van der Waals surface area contributed by atoms with Gasteiger partial charge < -0.3 is 14.7 Å². The van der Waals surface area contributed by atoms with Crippen molar-refractivity contribution < 1.29 is 9.21 Å². The average Bonchev–Trinajstić information content (AvgIpc) is 3.24.